The molecule has 0 aliphatic carbocycles. The Balaban J connectivity index is 1.31. The first-order valence-corrected chi connectivity index (χ1v) is 9.86. The van der Waals surface area contributed by atoms with Gasteiger partial charge in [0.2, 0.25) is 5.89 Å². The number of H-pyrrole nitrogens is 1. The van der Waals surface area contributed by atoms with Gasteiger partial charge >= 0.3 is 0 Å². The van der Waals surface area contributed by atoms with Crippen LogP contribution in [0.3, 0.4) is 0 Å². The van der Waals surface area contributed by atoms with Crippen molar-refractivity contribution in [3.63, 3.8) is 0 Å². The number of para-hydroxylation sites is 1. The first kappa shape index (κ1) is 17.1. The normalized spacial score (nSPS) is 11.3. The first-order chi connectivity index (χ1) is 13.8. The highest BCUT2D eigenvalue weighted by Crippen LogP contribution is 2.31. The minimum atomic E-state index is 0.461. The van der Waals surface area contributed by atoms with Crippen molar-refractivity contribution in [2.75, 3.05) is 0 Å². The zero-order valence-electron chi connectivity index (χ0n) is 14.4. The molecule has 28 heavy (non-hydrogen) atoms. The Morgan fingerprint density at radius 3 is 2.89 bits per heavy atom. The molecule has 0 aliphatic rings. The van der Waals surface area contributed by atoms with Gasteiger partial charge in [0.15, 0.2) is 5.76 Å². The number of hydrogen-bond donors (Lipinski definition) is 1. The maximum Gasteiger partial charge on any atom is 0.277 e. The third-order valence-electron chi connectivity index (χ3n) is 4.21. The Bertz CT molecular complexity index is 1260. The van der Waals surface area contributed by atoms with Gasteiger partial charge in [-0.3, -0.25) is 0 Å². The minimum absolute atomic E-state index is 0.461. The van der Waals surface area contributed by atoms with Gasteiger partial charge in [-0.15, -0.1) is 10.2 Å². The maximum atomic E-state index is 6.03. The number of oxazole rings is 1. The van der Waals surface area contributed by atoms with Crippen LogP contribution in [0, 0.1) is 0 Å². The molecule has 0 aliphatic heterocycles. The molecule has 5 aromatic rings. The number of halogens is 1. The Kier molecular flexibility index (Phi) is 4.38. The van der Waals surface area contributed by atoms with Crippen molar-refractivity contribution >= 4 is 34.3 Å². The van der Waals surface area contributed by atoms with Crippen LogP contribution >= 0.6 is 23.4 Å². The molecule has 8 heteroatoms. The van der Waals surface area contributed by atoms with Crippen LogP contribution < -0.4 is 0 Å². The lowest BCUT2D eigenvalue weighted by atomic mass is 10.2. The molecule has 0 unspecified atom stereocenters. The van der Waals surface area contributed by atoms with Crippen LogP contribution in [-0.2, 0) is 5.75 Å². The Labute approximate surface area is 169 Å². The van der Waals surface area contributed by atoms with Crippen molar-refractivity contribution in [2.24, 2.45) is 0 Å². The van der Waals surface area contributed by atoms with Crippen molar-refractivity contribution < 1.29 is 8.83 Å². The van der Waals surface area contributed by atoms with Gasteiger partial charge in [0, 0.05) is 27.7 Å². The smallest absolute Gasteiger partial charge is 0.277 e. The predicted octanol–water partition coefficient (Wildman–Crippen LogP) is 5.82. The fourth-order valence-electron chi connectivity index (χ4n) is 2.90. The van der Waals surface area contributed by atoms with Gasteiger partial charge in [0.25, 0.3) is 11.1 Å². The van der Waals surface area contributed by atoms with Gasteiger partial charge in [-0.05, 0) is 18.2 Å². The van der Waals surface area contributed by atoms with Crippen molar-refractivity contribution in [1.29, 1.82) is 0 Å². The van der Waals surface area contributed by atoms with Gasteiger partial charge < -0.3 is 13.8 Å². The monoisotopic (exact) mass is 408 g/mol. The summed E-state index contributed by atoms with van der Waals surface area (Å²) in [6.07, 6.45) is 3.56. The van der Waals surface area contributed by atoms with E-state index in [4.69, 9.17) is 20.4 Å². The van der Waals surface area contributed by atoms with E-state index in [1.54, 1.807) is 6.20 Å². The molecular weight excluding hydrogens is 396 g/mol. The summed E-state index contributed by atoms with van der Waals surface area (Å²) in [6, 6.07) is 15.4. The highest BCUT2D eigenvalue weighted by Gasteiger charge is 2.15. The number of nitrogens with zero attached hydrogens (tertiary/aromatic N) is 3. The molecule has 0 spiro atoms. The van der Waals surface area contributed by atoms with Crippen LogP contribution in [0.15, 0.2) is 75.0 Å². The van der Waals surface area contributed by atoms with Crippen LogP contribution in [0.1, 0.15) is 5.89 Å². The molecule has 1 N–H and O–H groups in total. The Hall–Kier alpha value is -3.03. The van der Waals surface area contributed by atoms with E-state index < -0.39 is 0 Å². The molecule has 5 rings (SSSR count). The van der Waals surface area contributed by atoms with E-state index in [1.165, 1.54) is 11.8 Å². The van der Waals surface area contributed by atoms with Gasteiger partial charge in [-0.1, -0.05) is 53.7 Å². The summed E-state index contributed by atoms with van der Waals surface area (Å²) in [6.45, 7) is 0. The molecule has 0 bridgehead atoms. The third-order valence-corrected chi connectivity index (χ3v) is 5.25. The second-order valence-electron chi connectivity index (χ2n) is 6.04. The Morgan fingerprint density at radius 2 is 1.96 bits per heavy atom. The number of aromatic nitrogens is 4. The van der Waals surface area contributed by atoms with Crippen molar-refractivity contribution in [3.05, 3.63) is 71.8 Å². The van der Waals surface area contributed by atoms with Crippen molar-refractivity contribution in [2.45, 2.75) is 11.0 Å². The Morgan fingerprint density at radius 1 is 1.04 bits per heavy atom. The SMILES string of the molecule is Clc1cccc(-c2cnc(CSc3nnc(-c4c[nH]c5ccccc45)o3)o2)c1. The molecule has 3 heterocycles. The van der Waals surface area contributed by atoms with E-state index in [0.717, 1.165) is 22.0 Å². The second-order valence-corrected chi connectivity index (χ2v) is 7.40. The summed E-state index contributed by atoms with van der Waals surface area (Å²) in [5.41, 5.74) is 2.79. The molecule has 0 fully saturated rings. The summed E-state index contributed by atoms with van der Waals surface area (Å²) < 4.78 is 11.6. The molecule has 0 atom stereocenters. The fraction of sp³-hybridized carbons (Fsp3) is 0.0500. The molecule has 0 radical (unpaired) electrons. The molecule has 2 aromatic carbocycles. The number of thioether (sulfide) groups is 1. The maximum absolute atomic E-state index is 6.03. The van der Waals surface area contributed by atoms with Gasteiger partial charge in [0.05, 0.1) is 17.5 Å². The molecular formula is C20H13ClN4O2S. The third kappa shape index (κ3) is 3.30. The van der Waals surface area contributed by atoms with Gasteiger partial charge in [0.1, 0.15) is 0 Å². The summed E-state index contributed by atoms with van der Waals surface area (Å²) in [7, 11) is 0. The molecule has 138 valence electrons. The molecule has 0 saturated heterocycles. The lowest BCUT2D eigenvalue weighted by Crippen LogP contribution is -1.79. The van der Waals surface area contributed by atoms with E-state index >= 15 is 0 Å². The van der Waals surface area contributed by atoms with Crippen LogP contribution in [0.4, 0.5) is 0 Å². The zero-order chi connectivity index (χ0) is 18.9. The van der Waals surface area contributed by atoms with Crippen LogP contribution in [0.2, 0.25) is 5.02 Å². The van der Waals surface area contributed by atoms with Crippen LogP contribution in [0.25, 0.3) is 33.7 Å². The largest absolute Gasteiger partial charge is 0.440 e. The molecule has 6 nitrogen and oxygen atoms in total. The minimum Gasteiger partial charge on any atom is -0.440 e. The average molecular weight is 409 g/mol. The second kappa shape index (κ2) is 7.18. The molecule has 0 saturated carbocycles. The number of aromatic amines is 1. The number of rotatable bonds is 5. The average Bonchev–Trinajstić information content (AvgIpc) is 3.45. The lowest BCUT2D eigenvalue weighted by Gasteiger charge is -1.96. The van der Waals surface area contributed by atoms with E-state index in [9.17, 15) is 0 Å². The number of nitrogens with one attached hydrogen (secondary N) is 1. The van der Waals surface area contributed by atoms with E-state index in [-0.39, 0.29) is 0 Å². The molecule has 3 aromatic heterocycles. The highest BCUT2D eigenvalue weighted by molar-refractivity contribution is 7.98. The standard InChI is InChI=1S/C20H13ClN4O2S/c21-13-5-3-4-12(8-13)17-10-23-18(26-17)11-28-20-25-24-19(27-20)15-9-22-16-7-2-1-6-14(15)16/h1-10,22H,11H2. The fourth-order valence-corrected chi connectivity index (χ4v) is 3.71. The predicted molar refractivity (Wildman–Crippen MR) is 108 cm³/mol. The van der Waals surface area contributed by atoms with Crippen molar-refractivity contribution in [3.8, 4) is 22.8 Å². The topological polar surface area (TPSA) is 80.7 Å². The summed E-state index contributed by atoms with van der Waals surface area (Å²) >= 11 is 7.40. The zero-order valence-corrected chi connectivity index (χ0v) is 16.0. The number of benzene rings is 2. The van der Waals surface area contributed by atoms with Gasteiger partial charge in [-0.2, -0.15) is 0 Å². The van der Waals surface area contributed by atoms with E-state index in [1.807, 2.05) is 54.7 Å². The first-order valence-electron chi connectivity index (χ1n) is 8.50. The summed E-state index contributed by atoms with van der Waals surface area (Å²) in [4.78, 5) is 7.52. The summed E-state index contributed by atoms with van der Waals surface area (Å²) in [5.74, 6) is 2.21. The quantitative estimate of drug-likeness (QED) is 0.369. The van der Waals surface area contributed by atoms with Crippen LogP contribution in [-0.4, -0.2) is 20.2 Å². The van der Waals surface area contributed by atoms with E-state index in [2.05, 4.69) is 20.2 Å². The molecule has 0 amide bonds. The number of fused-ring (bicyclic) bond motifs is 1. The van der Waals surface area contributed by atoms with Gasteiger partial charge in [-0.25, -0.2) is 4.98 Å². The lowest BCUT2D eigenvalue weighted by molar-refractivity contribution is 0.464. The summed E-state index contributed by atoms with van der Waals surface area (Å²) in [5, 5.41) is 10.4. The van der Waals surface area contributed by atoms with Crippen molar-refractivity contribution in [1.82, 2.24) is 20.2 Å². The van der Waals surface area contributed by atoms with Crippen LogP contribution in [0.5, 0.6) is 0 Å². The highest BCUT2D eigenvalue weighted by atomic mass is 35.5. The number of hydrogen-bond acceptors (Lipinski definition) is 6. The van der Waals surface area contributed by atoms with E-state index in [0.29, 0.717) is 33.5 Å².